The molecule has 106 valence electrons. The van der Waals surface area contributed by atoms with Crippen LogP contribution in [0.1, 0.15) is 6.42 Å². The van der Waals surface area contributed by atoms with Crippen LogP contribution in [0, 0.1) is 0 Å². The molecule has 0 amide bonds. The number of nitrogens with zero attached hydrogens (tertiary/aromatic N) is 1. The first kappa shape index (κ1) is 13.6. The van der Waals surface area contributed by atoms with Gasteiger partial charge in [-0.25, -0.2) is 0 Å². The molecule has 0 atom stereocenters. The van der Waals surface area contributed by atoms with Crippen molar-refractivity contribution < 1.29 is 9.53 Å². The van der Waals surface area contributed by atoms with Gasteiger partial charge in [0.2, 0.25) is 0 Å². The fourth-order valence-electron chi connectivity index (χ4n) is 2.10. The van der Waals surface area contributed by atoms with Crippen LogP contribution in [0.25, 0.3) is 10.2 Å². The van der Waals surface area contributed by atoms with Crippen LogP contribution in [0.5, 0.6) is 5.75 Å². The molecule has 0 N–H and O–H groups in total. The van der Waals surface area contributed by atoms with Crippen molar-refractivity contribution in [2.45, 2.75) is 13.0 Å². The largest absolute Gasteiger partial charge is 0.426 e. The lowest BCUT2D eigenvalue weighted by molar-refractivity contribution is -0.134. The molecule has 3 aromatic rings. The highest BCUT2D eigenvalue weighted by molar-refractivity contribution is 7.16. The van der Waals surface area contributed by atoms with Crippen molar-refractivity contribution in [3.8, 4) is 5.75 Å². The molecule has 0 fully saturated rings. The van der Waals surface area contributed by atoms with E-state index in [1.807, 2.05) is 30.3 Å². The van der Waals surface area contributed by atoms with Crippen LogP contribution in [0.15, 0.2) is 59.4 Å². The number of rotatable bonds is 4. The Labute approximate surface area is 125 Å². The zero-order chi connectivity index (χ0) is 14.7. The van der Waals surface area contributed by atoms with Gasteiger partial charge in [-0.3, -0.25) is 14.2 Å². The summed E-state index contributed by atoms with van der Waals surface area (Å²) in [4.78, 5) is 23.7. The first-order chi connectivity index (χ1) is 10.2. The minimum absolute atomic E-state index is 0.0521. The van der Waals surface area contributed by atoms with E-state index in [0.717, 1.165) is 10.2 Å². The van der Waals surface area contributed by atoms with E-state index in [1.54, 1.807) is 28.8 Å². The van der Waals surface area contributed by atoms with E-state index in [-0.39, 0.29) is 17.3 Å². The zero-order valence-electron chi connectivity index (χ0n) is 11.2. The summed E-state index contributed by atoms with van der Waals surface area (Å²) in [5, 5.41) is 0. The van der Waals surface area contributed by atoms with E-state index >= 15 is 0 Å². The van der Waals surface area contributed by atoms with Crippen LogP contribution in [-0.2, 0) is 11.3 Å². The molecular weight excluding hydrogens is 286 g/mol. The highest BCUT2D eigenvalue weighted by Gasteiger charge is 2.10. The number of aryl methyl sites for hydroxylation is 1. The summed E-state index contributed by atoms with van der Waals surface area (Å²) in [6, 6.07) is 16.5. The number of hydrogen-bond donors (Lipinski definition) is 0. The van der Waals surface area contributed by atoms with Gasteiger partial charge < -0.3 is 4.74 Å². The molecule has 0 aliphatic heterocycles. The first-order valence-corrected chi connectivity index (χ1v) is 7.40. The molecule has 0 saturated carbocycles. The number of aromatic nitrogens is 1. The first-order valence-electron chi connectivity index (χ1n) is 6.58. The number of carbonyl (C=O) groups excluding carboxylic acids is 1. The number of carbonyl (C=O) groups is 1. The van der Waals surface area contributed by atoms with Gasteiger partial charge in [-0.15, -0.1) is 0 Å². The summed E-state index contributed by atoms with van der Waals surface area (Å²) >= 11 is 1.19. The number of hydrogen-bond acceptors (Lipinski definition) is 4. The summed E-state index contributed by atoms with van der Waals surface area (Å²) in [5.74, 6) is 0.174. The Morgan fingerprint density at radius 1 is 1.05 bits per heavy atom. The van der Waals surface area contributed by atoms with Crippen LogP contribution >= 0.6 is 11.3 Å². The normalized spacial score (nSPS) is 10.7. The van der Waals surface area contributed by atoms with Gasteiger partial charge in [0.15, 0.2) is 0 Å². The maximum atomic E-state index is 11.9. The second kappa shape index (κ2) is 5.93. The van der Waals surface area contributed by atoms with Crippen molar-refractivity contribution >= 4 is 27.5 Å². The minimum atomic E-state index is -0.344. The summed E-state index contributed by atoms with van der Waals surface area (Å²) in [6.07, 6.45) is 0.162. The topological polar surface area (TPSA) is 48.3 Å². The average Bonchev–Trinajstić information content (AvgIpc) is 2.81. The summed E-state index contributed by atoms with van der Waals surface area (Å²) in [6.45, 7) is 0.328. The number of fused-ring (bicyclic) bond motifs is 1. The van der Waals surface area contributed by atoms with Crippen molar-refractivity contribution in [2.24, 2.45) is 0 Å². The summed E-state index contributed by atoms with van der Waals surface area (Å²) < 4.78 is 7.76. The highest BCUT2D eigenvalue weighted by atomic mass is 32.1. The van der Waals surface area contributed by atoms with E-state index < -0.39 is 0 Å². The monoisotopic (exact) mass is 299 g/mol. The van der Waals surface area contributed by atoms with Crippen molar-refractivity contribution in [3.05, 3.63) is 64.3 Å². The molecule has 1 heterocycles. The molecule has 0 bridgehead atoms. The molecule has 0 spiro atoms. The lowest BCUT2D eigenvalue weighted by atomic mass is 10.3. The second-order valence-corrected chi connectivity index (χ2v) is 5.52. The number of benzene rings is 2. The van der Waals surface area contributed by atoms with Gasteiger partial charge in [-0.1, -0.05) is 41.7 Å². The predicted molar refractivity (Wildman–Crippen MR) is 82.8 cm³/mol. The Balaban J connectivity index is 1.71. The molecule has 0 aliphatic rings. The fraction of sp³-hybridized carbons (Fsp3) is 0.125. The Morgan fingerprint density at radius 2 is 1.76 bits per heavy atom. The molecule has 5 heteroatoms. The third-order valence-electron chi connectivity index (χ3n) is 3.09. The lowest BCUT2D eigenvalue weighted by Gasteiger charge is -2.05. The third kappa shape index (κ3) is 3.03. The lowest BCUT2D eigenvalue weighted by Crippen LogP contribution is -2.17. The predicted octanol–water partition coefficient (Wildman–Crippen LogP) is 3.06. The summed E-state index contributed by atoms with van der Waals surface area (Å²) in [7, 11) is 0. The van der Waals surface area contributed by atoms with Crippen LogP contribution < -0.4 is 9.61 Å². The van der Waals surface area contributed by atoms with Crippen molar-refractivity contribution in [1.29, 1.82) is 0 Å². The van der Waals surface area contributed by atoms with Crippen molar-refractivity contribution in [3.63, 3.8) is 0 Å². The number of ether oxygens (including phenoxy) is 1. The Hall–Kier alpha value is -2.40. The Bertz CT molecular complexity index is 820. The van der Waals surface area contributed by atoms with E-state index in [2.05, 4.69) is 0 Å². The van der Waals surface area contributed by atoms with Gasteiger partial charge in [0, 0.05) is 6.54 Å². The summed E-state index contributed by atoms with van der Waals surface area (Å²) in [5.41, 5.74) is 0.861. The van der Waals surface area contributed by atoms with E-state index in [9.17, 15) is 9.59 Å². The van der Waals surface area contributed by atoms with E-state index in [1.165, 1.54) is 11.3 Å². The molecule has 0 aliphatic carbocycles. The molecule has 4 nitrogen and oxygen atoms in total. The van der Waals surface area contributed by atoms with Crippen LogP contribution in [-0.4, -0.2) is 10.5 Å². The van der Waals surface area contributed by atoms with E-state index in [4.69, 9.17) is 4.74 Å². The SMILES string of the molecule is O=C(CCn1c(=O)sc2ccccc21)Oc1ccccc1. The molecule has 0 saturated heterocycles. The van der Waals surface area contributed by atoms with Crippen molar-refractivity contribution in [2.75, 3.05) is 0 Å². The fourth-order valence-corrected chi connectivity index (χ4v) is 3.02. The molecule has 3 rings (SSSR count). The Kier molecular flexibility index (Phi) is 3.83. The molecule has 0 unspecified atom stereocenters. The Morgan fingerprint density at radius 3 is 2.57 bits per heavy atom. The molecule has 21 heavy (non-hydrogen) atoms. The van der Waals surface area contributed by atoms with Gasteiger partial charge in [-0.05, 0) is 24.3 Å². The highest BCUT2D eigenvalue weighted by Crippen LogP contribution is 2.17. The molecular formula is C16H13NO3S. The number of thiazole rings is 1. The zero-order valence-corrected chi connectivity index (χ0v) is 12.0. The minimum Gasteiger partial charge on any atom is -0.426 e. The second-order valence-electron chi connectivity index (χ2n) is 4.52. The smallest absolute Gasteiger partial charge is 0.312 e. The van der Waals surface area contributed by atoms with Crippen molar-refractivity contribution in [1.82, 2.24) is 4.57 Å². The number of para-hydroxylation sites is 2. The van der Waals surface area contributed by atoms with E-state index in [0.29, 0.717) is 12.3 Å². The van der Waals surface area contributed by atoms with Crippen LogP contribution in [0.3, 0.4) is 0 Å². The maximum Gasteiger partial charge on any atom is 0.312 e. The van der Waals surface area contributed by atoms with Gasteiger partial charge in [0.1, 0.15) is 5.75 Å². The van der Waals surface area contributed by atoms with Gasteiger partial charge in [0.25, 0.3) is 0 Å². The van der Waals surface area contributed by atoms with Gasteiger partial charge >= 0.3 is 10.8 Å². The standard InChI is InChI=1S/C16H13NO3S/c18-15(20-12-6-2-1-3-7-12)10-11-17-13-8-4-5-9-14(13)21-16(17)19/h1-9H,10-11H2. The average molecular weight is 299 g/mol. The quantitative estimate of drug-likeness (QED) is 0.549. The third-order valence-corrected chi connectivity index (χ3v) is 4.05. The maximum absolute atomic E-state index is 11.9. The number of esters is 1. The van der Waals surface area contributed by atoms with Gasteiger partial charge in [0.05, 0.1) is 16.6 Å². The van der Waals surface area contributed by atoms with Gasteiger partial charge in [-0.2, -0.15) is 0 Å². The molecule has 1 aromatic heterocycles. The molecule has 2 aromatic carbocycles. The van der Waals surface area contributed by atoms with Crippen LogP contribution in [0.4, 0.5) is 0 Å². The van der Waals surface area contributed by atoms with Crippen LogP contribution in [0.2, 0.25) is 0 Å². The molecule has 0 radical (unpaired) electrons.